The molecule has 2 atom stereocenters. The molecule has 3 N–H and O–H groups in total. The molecule has 2 unspecified atom stereocenters. The van der Waals surface area contributed by atoms with Crippen LogP contribution in [0.2, 0.25) is 0 Å². The second-order valence-electron chi connectivity index (χ2n) is 7.62. The number of ether oxygens (including phenoxy) is 1. The van der Waals surface area contributed by atoms with Crippen LogP contribution in [-0.4, -0.2) is 36.5 Å². The van der Waals surface area contributed by atoms with Crippen molar-refractivity contribution in [2.45, 2.75) is 32.2 Å². The van der Waals surface area contributed by atoms with E-state index < -0.39 is 0 Å². The Kier molecular flexibility index (Phi) is 6.09. The van der Waals surface area contributed by atoms with Crippen molar-refractivity contribution in [3.63, 3.8) is 0 Å². The summed E-state index contributed by atoms with van der Waals surface area (Å²) in [6.45, 7) is 5.04. The Labute approximate surface area is 166 Å². The predicted octanol–water partition coefficient (Wildman–Crippen LogP) is 2.68. The van der Waals surface area contributed by atoms with E-state index in [0.717, 1.165) is 50.5 Å². The molecule has 148 valence electrons. The maximum Gasteiger partial charge on any atom is 0.142 e. The zero-order valence-electron chi connectivity index (χ0n) is 16.4. The summed E-state index contributed by atoms with van der Waals surface area (Å²) in [5, 5.41) is 4.26. The lowest BCUT2D eigenvalue weighted by Gasteiger charge is -2.37. The molecule has 6 heteroatoms. The van der Waals surface area contributed by atoms with Crippen molar-refractivity contribution in [3.05, 3.63) is 65.7 Å². The standard InChI is InChI=1S/C22H29N5O/c1-17-15-20(22-23-25-26-24-22)11-12-27(17)13-14-28-21-9-7-19(8-10-21)16-18-5-3-2-4-6-18/h2-10,17,20,25-26H,11-16H2,1H3,(H,23,24). The number of piperidine rings is 1. The van der Waals surface area contributed by atoms with Crippen LogP contribution in [-0.2, 0) is 6.42 Å². The number of hydrogen-bond donors (Lipinski definition) is 3. The molecule has 0 spiro atoms. The minimum atomic E-state index is 0.492. The van der Waals surface area contributed by atoms with Crippen LogP contribution in [0.3, 0.4) is 0 Å². The molecule has 0 radical (unpaired) electrons. The van der Waals surface area contributed by atoms with E-state index in [1.165, 1.54) is 11.1 Å². The molecular formula is C22H29N5O. The average Bonchev–Trinajstić information content (AvgIpc) is 3.26. The Bertz CT molecular complexity index is 777. The molecule has 2 heterocycles. The summed E-state index contributed by atoms with van der Waals surface area (Å²) in [7, 11) is 0. The van der Waals surface area contributed by atoms with Crippen LogP contribution in [0.15, 0.2) is 59.7 Å². The van der Waals surface area contributed by atoms with Crippen molar-refractivity contribution >= 4 is 5.84 Å². The first-order valence-corrected chi connectivity index (χ1v) is 10.1. The molecule has 0 amide bonds. The first-order chi connectivity index (χ1) is 13.8. The molecule has 28 heavy (non-hydrogen) atoms. The van der Waals surface area contributed by atoms with E-state index in [1.807, 2.05) is 0 Å². The Hall–Kier alpha value is -2.57. The van der Waals surface area contributed by atoms with Crippen molar-refractivity contribution in [2.75, 3.05) is 19.7 Å². The summed E-state index contributed by atoms with van der Waals surface area (Å²) in [4.78, 5) is 2.51. The highest BCUT2D eigenvalue weighted by molar-refractivity contribution is 5.84. The van der Waals surface area contributed by atoms with Gasteiger partial charge in [0.05, 0.1) is 0 Å². The largest absolute Gasteiger partial charge is 0.492 e. The molecule has 2 aliphatic rings. The number of benzene rings is 2. The fourth-order valence-corrected chi connectivity index (χ4v) is 4.02. The molecule has 0 aliphatic carbocycles. The van der Waals surface area contributed by atoms with Gasteiger partial charge in [0.1, 0.15) is 18.2 Å². The minimum absolute atomic E-state index is 0.492. The normalized spacial score (nSPS) is 22.2. The van der Waals surface area contributed by atoms with Gasteiger partial charge in [-0.3, -0.25) is 10.3 Å². The van der Waals surface area contributed by atoms with Gasteiger partial charge in [0.2, 0.25) is 0 Å². The summed E-state index contributed by atoms with van der Waals surface area (Å²) in [5.74, 6) is 2.46. The second kappa shape index (κ2) is 9.08. The Balaban J connectivity index is 1.21. The molecule has 0 saturated carbocycles. The van der Waals surface area contributed by atoms with Crippen LogP contribution in [0.25, 0.3) is 0 Å². The van der Waals surface area contributed by atoms with Gasteiger partial charge in [0, 0.05) is 18.5 Å². The second-order valence-corrected chi connectivity index (χ2v) is 7.62. The zero-order chi connectivity index (χ0) is 19.2. The molecule has 2 aliphatic heterocycles. The van der Waals surface area contributed by atoms with E-state index in [-0.39, 0.29) is 0 Å². The number of amidine groups is 1. The smallest absolute Gasteiger partial charge is 0.142 e. The fraction of sp³-hybridized carbons (Fsp3) is 0.409. The number of rotatable bonds is 7. The topological polar surface area (TPSA) is 60.9 Å². The SMILES string of the molecule is CC1CC(C2=NNNN2)CCN1CCOc1ccc(Cc2ccccc2)cc1. The summed E-state index contributed by atoms with van der Waals surface area (Å²) < 4.78 is 5.99. The molecule has 1 fully saturated rings. The first-order valence-electron chi connectivity index (χ1n) is 10.1. The number of nitrogens with one attached hydrogen (secondary N) is 3. The van der Waals surface area contributed by atoms with E-state index >= 15 is 0 Å². The molecular weight excluding hydrogens is 350 g/mol. The highest BCUT2D eigenvalue weighted by Gasteiger charge is 2.29. The monoisotopic (exact) mass is 379 g/mol. The predicted molar refractivity (Wildman–Crippen MR) is 112 cm³/mol. The average molecular weight is 380 g/mol. The van der Waals surface area contributed by atoms with E-state index in [9.17, 15) is 0 Å². The van der Waals surface area contributed by atoms with Gasteiger partial charge in [-0.25, -0.2) is 5.53 Å². The van der Waals surface area contributed by atoms with Gasteiger partial charge in [-0.1, -0.05) is 42.5 Å². The van der Waals surface area contributed by atoms with Crippen LogP contribution in [0, 0.1) is 5.92 Å². The fourth-order valence-electron chi connectivity index (χ4n) is 4.02. The summed E-state index contributed by atoms with van der Waals surface area (Å²) in [6, 6.07) is 19.6. The van der Waals surface area contributed by atoms with Crippen molar-refractivity contribution in [3.8, 4) is 5.75 Å². The number of nitrogens with zero attached hydrogens (tertiary/aromatic N) is 2. The van der Waals surface area contributed by atoms with E-state index in [1.54, 1.807) is 0 Å². The molecule has 4 rings (SSSR count). The Morgan fingerprint density at radius 3 is 2.57 bits per heavy atom. The van der Waals surface area contributed by atoms with Gasteiger partial charge in [-0.15, -0.1) is 10.6 Å². The third-order valence-electron chi connectivity index (χ3n) is 5.64. The molecule has 6 nitrogen and oxygen atoms in total. The first kappa shape index (κ1) is 18.8. The van der Waals surface area contributed by atoms with Crippen LogP contribution < -0.4 is 21.2 Å². The molecule has 2 aromatic carbocycles. The van der Waals surface area contributed by atoms with Crippen molar-refractivity contribution in [2.24, 2.45) is 11.0 Å². The zero-order valence-corrected chi connectivity index (χ0v) is 16.4. The van der Waals surface area contributed by atoms with Crippen LogP contribution in [0.5, 0.6) is 5.75 Å². The Morgan fingerprint density at radius 2 is 1.86 bits per heavy atom. The van der Waals surface area contributed by atoms with Gasteiger partial charge in [0.15, 0.2) is 0 Å². The number of hydrogen-bond acceptors (Lipinski definition) is 6. The van der Waals surface area contributed by atoms with E-state index in [2.05, 4.69) is 88.0 Å². The van der Waals surface area contributed by atoms with Crippen LogP contribution >= 0.6 is 0 Å². The van der Waals surface area contributed by atoms with Crippen molar-refractivity contribution < 1.29 is 4.74 Å². The van der Waals surface area contributed by atoms with Crippen LogP contribution in [0.4, 0.5) is 0 Å². The van der Waals surface area contributed by atoms with Gasteiger partial charge in [-0.2, -0.15) is 0 Å². The summed E-state index contributed by atoms with van der Waals surface area (Å²) in [5.41, 5.74) is 11.3. The maximum atomic E-state index is 5.99. The minimum Gasteiger partial charge on any atom is -0.492 e. The van der Waals surface area contributed by atoms with Crippen molar-refractivity contribution in [1.82, 2.24) is 21.4 Å². The lowest BCUT2D eigenvalue weighted by Crippen LogP contribution is -2.47. The number of hydrazine groups is 2. The molecule has 0 bridgehead atoms. The number of likely N-dealkylation sites (tertiary alicyclic amines) is 1. The van der Waals surface area contributed by atoms with E-state index in [0.29, 0.717) is 12.0 Å². The molecule has 1 saturated heterocycles. The summed E-state index contributed by atoms with van der Waals surface area (Å²) in [6.07, 6.45) is 3.19. The quantitative estimate of drug-likeness (QED) is 0.691. The van der Waals surface area contributed by atoms with Crippen molar-refractivity contribution in [1.29, 1.82) is 0 Å². The van der Waals surface area contributed by atoms with E-state index in [4.69, 9.17) is 4.74 Å². The highest BCUT2D eigenvalue weighted by Crippen LogP contribution is 2.23. The van der Waals surface area contributed by atoms with Gasteiger partial charge in [0.25, 0.3) is 0 Å². The van der Waals surface area contributed by atoms with Gasteiger partial charge >= 0.3 is 0 Å². The van der Waals surface area contributed by atoms with Gasteiger partial charge < -0.3 is 4.74 Å². The highest BCUT2D eigenvalue weighted by atomic mass is 16.5. The lowest BCUT2D eigenvalue weighted by atomic mass is 9.90. The molecule has 2 aromatic rings. The number of hydrazone groups is 1. The van der Waals surface area contributed by atoms with Gasteiger partial charge in [-0.05, 0) is 56.0 Å². The lowest BCUT2D eigenvalue weighted by molar-refractivity contribution is 0.119. The third kappa shape index (κ3) is 4.82. The third-order valence-corrected chi connectivity index (χ3v) is 5.64. The Morgan fingerprint density at radius 1 is 1.07 bits per heavy atom. The molecule has 0 aromatic heterocycles. The maximum absolute atomic E-state index is 5.99. The summed E-state index contributed by atoms with van der Waals surface area (Å²) >= 11 is 0. The van der Waals surface area contributed by atoms with Crippen LogP contribution in [0.1, 0.15) is 30.9 Å².